The number of ether oxygens (including phenoxy) is 3. The van der Waals surface area contributed by atoms with E-state index in [4.69, 9.17) is 9.47 Å². The lowest BCUT2D eigenvalue weighted by molar-refractivity contribution is -0.274. The summed E-state index contributed by atoms with van der Waals surface area (Å²) in [5.74, 6) is 1.62. The third-order valence-corrected chi connectivity index (χ3v) is 5.39. The van der Waals surface area contributed by atoms with Crippen molar-refractivity contribution < 1.29 is 27.4 Å². The molecule has 3 nitrogen and oxygen atoms in total. The summed E-state index contributed by atoms with van der Waals surface area (Å²) in [5, 5.41) is 0. The molecular weight excluding hydrogens is 345 g/mol. The van der Waals surface area contributed by atoms with Crippen molar-refractivity contribution in [1.29, 1.82) is 0 Å². The second-order valence-electron chi connectivity index (χ2n) is 7.38. The number of halogens is 3. The minimum Gasteiger partial charge on any atom is -0.406 e. The lowest BCUT2D eigenvalue weighted by atomic mass is 9.76. The highest BCUT2D eigenvalue weighted by atomic mass is 19.4. The first-order valence-corrected chi connectivity index (χ1v) is 9.10. The molecule has 1 saturated heterocycles. The Labute approximate surface area is 152 Å². The first-order valence-electron chi connectivity index (χ1n) is 9.10. The van der Waals surface area contributed by atoms with E-state index >= 15 is 0 Å². The number of hydrogen-bond donors (Lipinski definition) is 0. The van der Waals surface area contributed by atoms with Gasteiger partial charge in [-0.3, -0.25) is 0 Å². The predicted molar refractivity (Wildman–Crippen MR) is 92.5 cm³/mol. The van der Waals surface area contributed by atoms with Crippen LogP contribution in [0.3, 0.4) is 0 Å². The highest BCUT2D eigenvalue weighted by molar-refractivity contribution is 5.66. The molecule has 1 aliphatic carbocycles. The minimum atomic E-state index is -4.69. The number of rotatable bonds is 4. The Balaban J connectivity index is 1.52. The molecule has 0 aromatic heterocycles. The molecule has 6 heteroatoms. The monoisotopic (exact) mass is 370 g/mol. The Morgan fingerprint density at radius 3 is 2.12 bits per heavy atom. The molecular formula is C20H25F3O3. The van der Waals surface area contributed by atoms with Gasteiger partial charge in [0.1, 0.15) is 5.75 Å². The Morgan fingerprint density at radius 1 is 1.00 bits per heavy atom. The zero-order valence-electron chi connectivity index (χ0n) is 14.9. The molecule has 1 heterocycles. The summed E-state index contributed by atoms with van der Waals surface area (Å²) in [4.78, 5) is 0. The van der Waals surface area contributed by atoms with Gasteiger partial charge in [-0.2, -0.15) is 0 Å². The van der Waals surface area contributed by atoms with E-state index in [2.05, 4.69) is 18.2 Å². The molecule has 0 spiro atoms. The zero-order chi connectivity index (χ0) is 18.7. The summed E-state index contributed by atoms with van der Waals surface area (Å²) >= 11 is 0. The summed E-state index contributed by atoms with van der Waals surface area (Å²) in [6, 6.07) is 5.60. The van der Waals surface area contributed by atoms with E-state index < -0.39 is 12.7 Å². The molecule has 2 fully saturated rings. The SMILES string of the molecule is C=C(c1ccc(OC(F)(F)F)cc1)C1OCC(C2CCC(C)CC2)CO1. The molecule has 0 radical (unpaired) electrons. The van der Waals surface area contributed by atoms with Crippen LogP contribution in [-0.2, 0) is 9.47 Å². The van der Waals surface area contributed by atoms with Crippen LogP contribution in [-0.4, -0.2) is 25.9 Å². The minimum absolute atomic E-state index is 0.258. The molecule has 1 saturated carbocycles. The van der Waals surface area contributed by atoms with Crippen LogP contribution >= 0.6 is 0 Å². The third kappa shape index (κ3) is 5.01. The third-order valence-electron chi connectivity index (χ3n) is 5.39. The van der Waals surface area contributed by atoms with Crippen LogP contribution in [0.25, 0.3) is 5.57 Å². The van der Waals surface area contributed by atoms with Crippen molar-refractivity contribution in [1.82, 2.24) is 0 Å². The predicted octanol–water partition coefficient (Wildman–Crippen LogP) is 5.41. The smallest absolute Gasteiger partial charge is 0.406 e. The van der Waals surface area contributed by atoms with Crippen molar-refractivity contribution >= 4 is 5.57 Å². The van der Waals surface area contributed by atoms with Crippen molar-refractivity contribution in [2.75, 3.05) is 13.2 Å². The van der Waals surface area contributed by atoms with E-state index in [1.807, 2.05) is 0 Å². The largest absolute Gasteiger partial charge is 0.573 e. The summed E-state index contributed by atoms with van der Waals surface area (Å²) < 4.78 is 52.3. The van der Waals surface area contributed by atoms with Gasteiger partial charge < -0.3 is 14.2 Å². The van der Waals surface area contributed by atoms with Crippen molar-refractivity contribution in [2.45, 2.75) is 45.3 Å². The average Bonchev–Trinajstić information content (AvgIpc) is 2.61. The lowest BCUT2D eigenvalue weighted by Gasteiger charge is -2.37. The summed E-state index contributed by atoms with van der Waals surface area (Å²) in [6.45, 7) is 7.56. The molecule has 3 rings (SSSR count). The van der Waals surface area contributed by atoms with Crippen LogP contribution in [0.1, 0.15) is 38.2 Å². The van der Waals surface area contributed by atoms with Crippen molar-refractivity contribution in [3.8, 4) is 5.75 Å². The van der Waals surface area contributed by atoms with Crippen molar-refractivity contribution in [2.24, 2.45) is 17.8 Å². The van der Waals surface area contributed by atoms with Gasteiger partial charge in [0.05, 0.1) is 13.2 Å². The van der Waals surface area contributed by atoms with Crippen LogP contribution in [0.2, 0.25) is 0 Å². The molecule has 26 heavy (non-hydrogen) atoms. The normalized spacial score (nSPS) is 30.0. The molecule has 0 atom stereocenters. The highest BCUT2D eigenvalue weighted by Gasteiger charge is 2.33. The molecule has 0 amide bonds. The summed E-state index contributed by atoms with van der Waals surface area (Å²) in [7, 11) is 0. The highest BCUT2D eigenvalue weighted by Crippen LogP contribution is 2.36. The van der Waals surface area contributed by atoms with Crippen LogP contribution < -0.4 is 4.74 Å². The van der Waals surface area contributed by atoms with Gasteiger partial charge in [-0.1, -0.05) is 38.5 Å². The Bertz CT molecular complexity index is 596. The quantitative estimate of drug-likeness (QED) is 0.709. The van der Waals surface area contributed by atoms with Gasteiger partial charge >= 0.3 is 6.36 Å². The Hall–Kier alpha value is -1.53. The van der Waals surface area contributed by atoms with Gasteiger partial charge in [0, 0.05) is 11.5 Å². The van der Waals surface area contributed by atoms with E-state index in [0.717, 1.165) is 5.92 Å². The van der Waals surface area contributed by atoms with E-state index in [0.29, 0.717) is 36.2 Å². The molecule has 0 bridgehead atoms. The van der Waals surface area contributed by atoms with Gasteiger partial charge in [0.15, 0.2) is 6.29 Å². The van der Waals surface area contributed by atoms with E-state index in [-0.39, 0.29) is 5.75 Å². The molecule has 1 aliphatic heterocycles. The number of alkyl halides is 3. The Morgan fingerprint density at radius 2 is 1.58 bits per heavy atom. The first-order chi connectivity index (χ1) is 12.3. The summed E-state index contributed by atoms with van der Waals surface area (Å²) in [5.41, 5.74) is 1.29. The summed E-state index contributed by atoms with van der Waals surface area (Å²) in [6.07, 6.45) is -0.258. The maximum Gasteiger partial charge on any atom is 0.573 e. The van der Waals surface area contributed by atoms with Gasteiger partial charge in [-0.15, -0.1) is 13.2 Å². The molecule has 1 aromatic carbocycles. The van der Waals surface area contributed by atoms with Gasteiger partial charge in [0.2, 0.25) is 0 Å². The number of hydrogen-bond acceptors (Lipinski definition) is 3. The topological polar surface area (TPSA) is 27.7 Å². The Kier molecular flexibility index (Phi) is 5.92. The van der Waals surface area contributed by atoms with Gasteiger partial charge in [-0.25, -0.2) is 0 Å². The average molecular weight is 370 g/mol. The maximum atomic E-state index is 12.2. The lowest BCUT2D eigenvalue weighted by Crippen LogP contribution is -2.37. The molecule has 0 N–H and O–H groups in total. The van der Waals surface area contributed by atoms with E-state index in [1.54, 1.807) is 0 Å². The molecule has 144 valence electrons. The van der Waals surface area contributed by atoms with Crippen LogP contribution in [0.5, 0.6) is 5.75 Å². The fraction of sp³-hybridized carbons (Fsp3) is 0.600. The zero-order valence-corrected chi connectivity index (χ0v) is 14.9. The second kappa shape index (κ2) is 8.01. The fourth-order valence-corrected chi connectivity index (χ4v) is 3.76. The van der Waals surface area contributed by atoms with Gasteiger partial charge in [0.25, 0.3) is 0 Å². The van der Waals surface area contributed by atoms with Gasteiger partial charge in [-0.05, 0) is 42.4 Å². The van der Waals surface area contributed by atoms with Crippen LogP contribution in [0.15, 0.2) is 30.8 Å². The van der Waals surface area contributed by atoms with Crippen LogP contribution in [0.4, 0.5) is 13.2 Å². The standard InChI is InChI=1S/C20H25F3O3/c1-13-3-5-16(6-4-13)17-11-24-19(25-12-17)14(2)15-7-9-18(10-8-15)26-20(21,22)23/h7-10,13,16-17,19H,2-6,11-12H2,1H3. The van der Waals surface area contributed by atoms with Crippen LogP contribution in [0, 0.1) is 17.8 Å². The number of benzene rings is 1. The van der Waals surface area contributed by atoms with Crippen molar-refractivity contribution in [3.63, 3.8) is 0 Å². The van der Waals surface area contributed by atoms with Crippen molar-refractivity contribution in [3.05, 3.63) is 36.4 Å². The fourth-order valence-electron chi connectivity index (χ4n) is 3.76. The molecule has 2 aliphatic rings. The maximum absolute atomic E-state index is 12.2. The molecule has 1 aromatic rings. The molecule has 0 unspecified atom stereocenters. The first kappa shape index (κ1) is 19.2. The van der Waals surface area contributed by atoms with E-state index in [1.165, 1.54) is 49.9 Å². The second-order valence-corrected chi connectivity index (χ2v) is 7.38. The van der Waals surface area contributed by atoms with E-state index in [9.17, 15) is 13.2 Å².